The molecule has 0 bridgehead atoms. The van der Waals surface area contributed by atoms with Crippen LogP contribution in [-0.4, -0.2) is 38.7 Å². The second-order valence-electron chi connectivity index (χ2n) is 3.98. The second-order valence-corrected chi connectivity index (χ2v) is 5.62. The summed E-state index contributed by atoms with van der Waals surface area (Å²) in [5.74, 6) is 0.407. The smallest absolute Gasteiger partial charge is 0.318 e. The summed E-state index contributed by atoms with van der Waals surface area (Å²) in [6.45, 7) is 4.03. The number of hydrogen-bond acceptors (Lipinski definition) is 4. The summed E-state index contributed by atoms with van der Waals surface area (Å²) >= 11 is 0. The SMILES string of the molecule is CCC(C)CCNS(=O)(=O)C(=O)N(C)CC#N. The van der Waals surface area contributed by atoms with Gasteiger partial charge in [-0.2, -0.15) is 5.26 Å². The monoisotopic (exact) mass is 261 g/mol. The quantitative estimate of drug-likeness (QED) is 0.720. The summed E-state index contributed by atoms with van der Waals surface area (Å²) in [4.78, 5) is 12.3. The molecular formula is C10H19N3O3S. The Morgan fingerprint density at radius 2 is 2.12 bits per heavy atom. The molecule has 0 aliphatic rings. The summed E-state index contributed by atoms with van der Waals surface area (Å²) in [5, 5.41) is 7.31. The van der Waals surface area contributed by atoms with Crippen molar-refractivity contribution in [3.8, 4) is 6.07 Å². The van der Waals surface area contributed by atoms with Gasteiger partial charge in [-0.3, -0.25) is 4.79 Å². The summed E-state index contributed by atoms with van der Waals surface area (Å²) < 4.78 is 25.2. The van der Waals surface area contributed by atoms with Gasteiger partial charge in [-0.05, 0) is 12.3 Å². The molecule has 0 saturated carbocycles. The molecule has 0 aromatic heterocycles. The van der Waals surface area contributed by atoms with Crippen LogP contribution in [0.15, 0.2) is 0 Å². The van der Waals surface area contributed by atoms with E-state index < -0.39 is 15.3 Å². The molecule has 6 nitrogen and oxygen atoms in total. The van der Waals surface area contributed by atoms with Gasteiger partial charge >= 0.3 is 5.24 Å². The highest BCUT2D eigenvalue weighted by atomic mass is 32.2. The fourth-order valence-electron chi connectivity index (χ4n) is 1.08. The van der Waals surface area contributed by atoms with Gasteiger partial charge in [0.2, 0.25) is 0 Å². The largest absolute Gasteiger partial charge is 0.354 e. The highest BCUT2D eigenvalue weighted by molar-refractivity contribution is 8.04. The molecule has 1 N–H and O–H groups in total. The first-order valence-electron chi connectivity index (χ1n) is 5.46. The first-order valence-corrected chi connectivity index (χ1v) is 6.95. The van der Waals surface area contributed by atoms with Crippen molar-refractivity contribution in [2.75, 3.05) is 20.1 Å². The number of nitrogens with one attached hydrogen (secondary N) is 1. The lowest BCUT2D eigenvalue weighted by atomic mass is 10.1. The number of sulfonamides is 1. The van der Waals surface area contributed by atoms with E-state index in [2.05, 4.69) is 4.72 Å². The summed E-state index contributed by atoms with van der Waals surface area (Å²) in [6, 6.07) is 1.72. The Morgan fingerprint density at radius 1 is 1.53 bits per heavy atom. The molecule has 98 valence electrons. The molecule has 17 heavy (non-hydrogen) atoms. The van der Waals surface area contributed by atoms with Crippen LogP contribution >= 0.6 is 0 Å². The van der Waals surface area contributed by atoms with Gasteiger partial charge in [0.05, 0.1) is 6.07 Å². The fourth-order valence-corrected chi connectivity index (χ4v) is 2.07. The maximum absolute atomic E-state index is 11.5. The molecular weight excluding hydrogens is 242 g/mol. The van der Waals surface area contributed by atoms with Gasteiger partial charge in [-0.15, -0.1) is 0 Å². The molecule has 1 unspecified atom stereocenters. The van der Waals surface area contributed by atoms with Gasteiger partial charge in [-0.25, -0.2) is 13.1 Å². The van der Waals surface area contributed by atoms with Crippen molar-refractivity contribution in [3.63, 3.8) is 0 Å². The zero-order valence-corrected chi connectivity index (χ0v) is 11.2. The van der Waals surface area contributed by atoms with Crippen molar-refractivity contribution in [2.24, 2.45) is 5.92 Å². The highest BCUT2D eigenvalue weighted by Crippen LogP contribution is 2.05. The number of nitrogens with zero attached hydrogens (tertiary/aromatic N) is 2. The first-order chi connectivity index (χ1) is 7.85. The number of nitriles is 1. The molecule has 0 spiro atoms. The maximum Gasteiger partial charge on any atom is 0.354 e. The molecule has 1 atom stereocenters. The van der Waals surface area contributed by atoms with Crippen molar-refractivity contribution < 1.29 is 13.2 Å². The van der Waals surface area contributed by atoms with E-state index in [-0.39, 0.29) is 13.1 Å². The van der Waals surface area contributed by atoms with Gasteiger partial charge in [-0.1, -0.05) is 20.3 Å². The zero-order valence-electron chi connectivity index (χ0n) is 10.4. The number of amides is 1. The third-order valence-corrected chi connectivity index (χ3v) is 3.83. The lowest BCUT2D eigenvalue weighted by Gasteiger charge is -2.14. The molecule has 0 aromatic carbocycles. The Labute approximate surface area is 103 Å². The zero-order chi connectivity index (χ0) is 13.5. The second kappa shape index (κ2) is 7.25. The normalized spacial score (nSPS) is 12.8. The Kier molecular flexibility index (Phi) is 6.76. The first kappa shape index (κ1) is 15.9. The van der Waals surface area contributed by atoms with E-state index in [1.165, 1.54) is 7.05 Å². The van der Waals surface area contributed by atoms with Crippen LogP contribution in [0.1, 0.15) is 26.7 Å². The Balaban J connectivity index is 4.30. The van der Waals surface area contributed by atoms with Crippen molar-refractivity contribution in [1.29, 1.82) is 5.26 Å². The van der Waals surface area contributed by atoms with Crippen LogP contribution in [-0.2, 0) is 10.0 Å². The van der Waals surface area contributed by atoms with Crippen LogP contribution in [0.5, 0.6) is 0 Å². The molecule has 0 aliphatic carbocycles. The predicted octanol–water partition coefficient (Wildman–Crippen LogP) is 0.917. The number of rotatable bonds is 6. The van der Waals surface area contributed by atoms with Gasteiger partial charge in [0, 0.05) is 13.6 Å². The van der Waals surface area contributed by atoms with Crippen molar-refractivity contribution in [3.05, 3.63) is 0 Å². The molecule has 1 amide bonds. The topological polar surface area (TPSA) is 90.3 Å². The molecule has 0 aliphatic heterocycles. The Bertz CT molecular complexity index is 386. The lowest BCUT2D eigenvalue weighted by Crippen LogP contribution is -2.40. The van der Waals surface area contributed by atoms with E-state index in [0.29, 0.717) is 12.3 Å². The average Bonchev–Trinajstić information content (AvgIpc) is 2.27. The molecule has 0 fully saturated rings. The van der Waals surface area contributed by atoms with Gasteiger partial charge < -0.3 is 4.90 Å². The molecule has 0 saturated heterocycles. The summed E-state index contributed by atoms with van der Waals surface area (Å²) in [7, 11) is -2.72. The minimum Gasteiger partial charge on any atom is -0.318 e. The van der Waals surface area contributed by atoms with E-state index in [1.807, 2.05) is 13.8 Å². The Morgan fingerprint density at radius 3 is 2.59 bits per heavy atom. The molecule has 0 aromatic rings. The number of hydrogen-bond donors (Lipinski definition) is 1. The van der Waals surface area contributed by atoms with Crippen LogP contribution in [0.2, 0.25) is 0 Å². The summed E-state index contributed by atoms with van der Waals surface area (Å²) in [5.41, 5.74) is 0. The van der Waals surface area contributed by atoms with Crippen LogP contribution in [0.25, 0.3) is 0 Å². The van der Waals surface area contributed by atoms with Gasteiger partial charge in [0.15, 0.2) is 0 Å². The molecule has 0 rings (SSSR count). The highest BCUT2D eigenvalue weighted by Gasteiger charge is 2.25. The Hall–Kier alpha value is -1.13. The van der Waals surface area contributed by atoms with Gasteiger partial charge in [0.1, 0.15) is 6.54 Å². The van der Waals surface area contributed by atoms with Crippen molar-refractivity contribution in [1.82, 2.24) is 9.62 Å². The standard InChI is InChI=1S/C10H19N3O3S/c1-4-9(2)5-7-12-17(15,16)10(14)13(3)8-6-11/h9,12H,4-5,7-8H2,1-3H3. The van der Waals surface area contributed by atoms with Crippen molar-refractivity contribution in [2.45, 2.75) is 26.7 Å². The van der Waals surface area contributed by atoms with Crippen LogP contribution in [0, 0.1) is 17.2 Å². The maximum atomic E-state index is 11.5. The minimum atomic E-state index is -4.00. The van der Waals surface area contributed by atoms with Crippen LogP contribution in [0.3, 0.4) is 0 Å². The molecule has 0 heterocycles. The van der Waals surface area contributed by atoms with Gasteiger partial charge in [0.25, 0.3) is 10.0 Å². The van der Waals surface area contributed by atoms with E-state index in [4.69, 9.17) is 5.26 Å². The fraction of sp³-hybridized carbons (Fsp3) is 0.800. The van der Waals surface area contributed by atoms with E-state index in [1.54, 1.807) is 6.07 Å². The lowest BCUT2D eigenvalue weighted by molar-refractivity contribution is 0.235. The van der Waals surface area contributed by atoms with E-state index in [9.17, 15) is 13.2 Å². The molecule has 7 heteroatoms. The third-order valence-electron chi connectivity index (χ3n) is 2.48. The number of carbonyl (C=O) groups excluding carboxylic acids is 1. The number of carbonyl (C=O) groups is 1. The van der Waals surface area contributed by atoms with Crippen LogP contribution < -0.4 is 4.72 Å². The minimum absolute atomic E-state index is 0.240. The van der Waals surface area contributed by atoms with Crippen LogP contribution in [0.4, 0.5) is 4.79 Å². The van der Waals surface area contributed by atoms with Crippen molar-refractivity contribution >= 4 is 15.3 Å². The summed E-state index contributed by atoms with van der Waals surface area (Å²) in [6.07, 6.45) is 1.65. The molecule has 0 radical (unpaired) electrons. The van der Waals surface area contributed by atoms with E-state index >= 15 is 0 Å². The third kappa shape index (κ3) is 5.65. The average molecular weight is 261 g/mol. The van der Waals surface area contributed by atoms with E-state index in [0.717, 1.165) is 11.3 Å². The predicted molar refractivity (Wildman–Crippen MR) is 64.6 cm³/mol.